The molecule has 0 rings (SSSR count). The van der Waals surface area contributed by atoms with Crippen molar-refractivity contribution >= 4 is 11.9 Å². The van der Waals surface area contributed by atoms with E-state index in [1.807, 2.05) is 6.08 Å². The minimum absolute atomic E-state index is 0.00800. The molecule has 74 heavy (non-hydrogen) atoms. The van der Waals surface area contributed by atoms with E-state index in [-0.39, 0.29) is 18.5 Å². The zero-order chi connectivity index (χ0) is 53.6. The van der Waals surface area contributed by atoms with Gasteiger partial charge in [0.2, 0.25) is 5.91 Å². The second kappa shape index (κ2) is 63.6. The minimum atomic E-state index is -0.846. The number of ether oxygens (including phenoxy) is 1. The molecule has 6 nitrogen and oxygen atoms in total. The largest absolute Gasteiger partial charge is 0.466 e. The van der Waals surface area contributed by atoms with Crippen LogP contribution in [0.25, 0.3) is 0 Å². The zero-order valence-corrected chi connectivity index (χ0v) is 49.8. The summed E-state index contributed by atoms with van der Waals surface area (Å²) in [6.45, 7) is 4.90. The van der Waals surface area contributed by atoms with E-state index in [1.165, 1.54) is 283 Å². The normalized spacial score (nSPS) is 12.8. The summed E-state index contributed by atoms with van der Waals surface area (Å²) in [5.41, 5.74) is 0. The third-order valence-electron chi connectivity index (χ3n) is 15.4. The van der Waals surface area contributed by atoms with Gasteiger partial charge in [-0.3, -0.25) is 9.59 Å². The molecule has 6 heteroatoms. The van der Waals surface area contributed by atoms with Crippen molar-refractivity contribution < 1.29 is 24.5 Å². The summed E-state index contributed by atoms with van der Waals surface area (Å²) in [4.78, 5) is 24.6. The number of amides is 1. The van der Waals surface area contributed by atoms with Crippen molar-refractivity contribution in [2.24, 2.45) is 0 Å². The molecular weight excluding hydrogens is 911 g/mol. The fourth-order valence-corrected chi connectivity index (χ4v) is 10.3. The molecule has 0 aliphatic heterocycles. The van der Waals surface area contributed by atoms with E-state index in [0.29, 0.717) is 19.4 Å². The highest BCUT2D eigenvalue weighted by Crippen LogP contribution is 2.18. The van der Waals surface area contributed by atoms with Crippen LogP contribution in [0.3, 0.4) is 0 Å². The zero-order valence-electron chi connectivity index (χ0n) is 49.8. The van der Waals surface area contributed by atoms with Crippen LogP contribution in [0, 0.1) is 0 Å². The summed E-state index contributed by atoms with van der Waals surface area (Å²) in [5, 5.41) is 23.2. The smallest absolute Gasteiger partial charge is 0.305 e. The molecule has 0 radical (unpaired) electrons. The molecule has 0 aliphatic rings. The van der Waals surface area contributed by atoms with Gasteiger partial charge in [-0.2, -0.15) is 0 Å². The molecule has 0 heterocycles. The van der Waals surface area contributed by atoms with E-state index in [4.69, 9.17) is 4.74 Å². The lowest BCUT2D eigenvalue weighted by Gasteiger charge is -2.20. The number of aliphatic hydroxyl groups is 2. The molecule has 0 aliphatic carbocycles. The maximum atomic E-state index is 12.5. The first-order valence-corrected chi connectivity index (χ1v) is 33.3. The molecule has 0 aromatic heterocycles. The average molecular weight is 1040 g/mol. The highest BCUT2D eigenvalue weighted by atomic mass is 16.5. The molecule has 3 N–H and O–H groups in total. The van der Waals surface area contributed by atoms with Crippen LogP contribution < -0.4 is 5.32 Å². The highest BCUT2D eigenvalue weighted by molar-refractivity contribution is 5.76. The Kier molecular flexibility index (Phi) is 62.0. The third kappa shape index (κ3) is 59.3. The van der Waals surface area contributed by atoms with Gasteiger partial charge in [-0.25, -0.2) is 0 Å². The van der Waals surface area contributed by atoms with Crippen LogP contribution in [0.15, 0.2) is 36.5 Å². The van der Waals surface area contributed by atoms with E-state index < -0.39 is 12.1 Å². The monoisotopic (exact) mass is 1040 g/mol. The lowest BCUT2D eigenvalue weighted by molar-refractivity contribution is -0.143. The van der Waals surface area contributed by atoms with Crippen molar-refractivity contribution in [2.75, 3.05) is 13.2 Å². The van der Waals surface area contributed by atoms with Crippen LogP contribution >= 0.6 is 0 Å². The van der Waals surface area contributed by atoms with Crippen LogP contribution in [-0.2, 0) is 14.3 Å². The van der Waals surface area contributed by atoms with Crippen molar-refractivity contribution in [2.45, 2.75) is 373 Å². The number of nitrogens with one attached hydrogen (secondary N) is 1. The van der Waals surface area contributed by atoms with Gasteiger partial charge in [-0.15, -0.1) is 0 Å². The standard InChI is InChI=1S/C68H129NO5/c1-3-5-7-9-11-13-15-17-19-21-25-30-34-38-42-46-50-54-58-62-68(73)74-63-59-55-51-47-43-39-35-31-27-24-22-23-26-29-33-37-41-45-49-53-57-61-67(72)69-65(64-70)66(71)60-56-52-48-44-40-36-32-28-20-18-16-14-12-10-8-6-4-2/h11,13,17,19,56,60,65-66,70-71H,3-10,12,14-16,18,20-55,57-59,61-64H2,1-2H3,(H,69,72)/b13-11-,19-17-,60-56+. The van der Waals surface area contributed by atoms with Gasteiger partial charge in [-0.1, -0.05) is 320 Å². The Hall–Kier alpha value is -1.92. The number of esters is 1. The number of hydrogen-bond acceptors (Lipinski definition) is 5. The van der Waals surface area contributed by atoms with Gasteiger partial charge in [0.15, 0.2) is 0 Å². The molecule has 0 fully saturated rings. The number of carbonyl (C=O) groups excluding carboxylic acids is 2. The maximum absolute atomic E-state index is 12.5. The van der Waals surface area contributed by atoms with E-state index in [2.05, 4.69) is 43.5 Å². The summed E-state index contributed by atoms with van der Waals surface area (Å²) in [6, 6.07) is -0.629. The first-order chi connectivity index (χ1) is 36.5. The van der Waals surface area contributed by atoms with Gasteiger partial charge in [0.1, 0.15) is 0 Å². The molecule has 2 atom stereocenters. The van der Waals surface area contributed by atoms with Crippen LogP contribution in [0.4, 0.5) is 0 Å². The number of rotatable bonds is 62. The topological polar surface area (TPSA) is 95.9 Å². The quantitative estimate of drug-likeness (QED) is 0.0320. The summed E-state index contributed by atoms with van der Waals surface area (Å²) in [5.74, 6) is -0.0587. The summed E-state index contributed by atoms with van der Waals surface area (Å²) >= 11 is 0. The molecule has 0 spiro atoms. The van der Waals surface area contributed by atoms with Gasteiger partial charge < -0.3 is 20.3 Å². The summed E-state index contributed by atoms with van der Waals surface area (Å²) < 4.78 is 5.50. The Morgan fingerprint density at radius 1 is 0.378 bits per heavy atom. The SMILES string of the molecule is CCCCC/C=C\C/C=C\CCCCCCCCCCCC(=O)OCCCCCCCCCCCCCCCCCCCCCCCC(=O)NC(CO)C(O)/C=C/CCCCCCCCCCCCCCCCC. The lowest BCUT2D eigenvalue weighted by Crippen LogP contribution is -2.45. The third-order valence-corrected chi connectivity index (χ3v) is 15.4. The van der Waals surface area contributed by atoms with Crippen molar-refractivity contribution in [3.8, 4) is 0 Å². The predicted molar refractivity (Wildman–Crippen MR) is 324 cm³/mol. The average Bonchev–Trinajstić information content (AvgIpc) is 3.40. The molecule has 2 unspecified atom stereocenters. The Morgan fingerprint density at radius 2 is 0.676 bits per heavy atom. The Balaban J connectivity index is 3.40. The van der Waals surface area contributed by atoms with Gasteiger partial charge in [0.25, 0.3) is 0 Å². The van der Waals surface area contributed by atoms with Crippen molar-refractivity contribution in [1.82, 2.24) is 5.32 Å². The van der Waals surface area contributed by atoms with Crippen LogP contribution in [-0.4, -0.2) is 47.4 Å². The number of hydrogen-bond donors (Lipinski definition) is 3. The number of carbonyl (C=O) groups is 2. The highest BCUT2D eigenvalue weighted by Gasteiger charge is 2.18. The van der Waals surface area contributed by atoms with E-state index in [1.54, 1.807) is 6.08 Å². The van der Waals surface area contributed by atoms with E-state index in [9.17, 15) is 19.8 Å². The van der Waals surface area contributed by atoms with Gasteiger partial charge in [-0.05, 0) is 64.2 Å². The first-order valence-electron chi connectivity index (χ1n) is 33.3. The van der Waals surface area contributed by atoms with Gasteiger partial charge in [0, 0.05) is 12.8 Å². The summed E-state index contributed by atoms with van der Waals surface area (Å²) in [7, 11) is 0. The fraction of sp³-hybridized carbons (Fsp3) is 0.882. The van der Waals surface area contributed by atoms with Gasteiger partial charge in [0.05, 0.1) is 25.4 Å². The molecule has 436 valence electrons. The second-order valence-electron chi connectivity index (χ2n) is 22.8. The molecule has 0 bridgehead atoms. The lowest BCUT2D eigenvalue weighted by atomic mass is 10.0. The first kappa shape index (κ1) is 72.1. The number of aliphatic hydroxyl groups excluding tert-OH is 2. The Bertz CT molecular complexity index is 1200. The Morgan fingerprint density at radius 3 is 1.05 bits per heavy atom. The summed E-state index contributed by atoms with van der Waals surface area (Å²) in [6.07, 6.45) is 80.5. The van der Waals surface area contributed by atoms with Crippen molar-refractivity contribution in [1.29, 1.82) is 0 Å². The molecule has 1 amide bonds. The molecule has 0 aromatic rings. The van der Waals surface area contributed by atoms with Crippen molar-refractivity contribution in [3.63, 3.8) is 0 Å². The fourth-order valence-electron chi connectivity index (χ4n) is 10.3. The van der Waals surface area contributed by atoms with Gasteiger partial charge >= 0.3 is 5.97 Å². The van der Waals surface area contributed by atoms with Crippen LogP contribution in [0.1, 0.15) is 361 Å². The molecule has 0 saturated heterocycles. The van der Waals surface area contributed by atoms with E-state index in [0.717, 1.165) is 51.4 Å². The minimum Gasteiger partial charge on any atom is -0.466 e. The Labute approximate surface area is 462 Å². The molecular formula is C68H129NO5. The van der Waals surface area contributed by atoms with Crippen LogP contribution in [0.2, 0.25) is 0 Å². The van der Waals surface area contributed by atoms with E-state index >= 15 is 0 Å². The molecule has 0 saturated carbocycles. The molecule has 0 aromatic carbocycles. The second-order valence-corrected chi connectivity index (χ2v) is 22.8. The number of allylic oxidation sites excluding steroid dienone is 5. The van der Waals surface area contributed by atoms with Crippen LogP contribution in [0.5, 0.6) is 0 Å². The maximum Gasteiger partial charge on any atom is 0.305 e. The number of unbranched alkanes of at least 4 members (excludes halogenated alkanes) is 47. The predicted octanol–water partition coefficient (Wildman–Crippen LogP) is 21.1. The van der Waals surface area contributed by atoms with Crippen molar-refractivity contribution in [3.05, 3.63) is 36.5 Å².